The Bertz CT molecular complexity index is 1370. The Morgan fingerprint density at radius 2 is 1.94 bits per heavy atom. The number of carbonyl (C=O) groups excluding carboxylic acids is 1. The smallest absolute Gasteiger partial charge is 0.491 e. The van der Waals surface area contributed by atoms with E-state index >= 15 is 0 Å². The van der Waals surface area contributed by atoms with Crippen LogP contribution in [-0.2, 0) is 5.54 Å². The van der Waals surface area contributed by atoms with Gasteiger partial charge < -0.3 is 19.8 Å². The molecule has 9 heteroatoms. The molecule has 174 valence electrons. The summed E-state index contributed by atoms with van der Waals surface area (Å²) in [4.78, 5) is 21.0. The molecule has 2 aromatic carbocycles. The summed E-state index contributed by atoms with van der Waals surface area (Å²) < 4.78 is 47.6. The topological polar surface area (TPSA) is 76.2 Å². The van der Waals surface area contributed by atoms with Crippen LogP contribution in [0.5, 0.6) is 11.5 Å². The number of aryl methyl sites for hydroxylation is 1. The van der Waals surface area contributed by atoms with Crippen LogP contribution in [0.15, 0.2) is 66.9 Å². The van der Waals surface area contributed by atoms with E-state index in [1.165, 1.54) is 24.3 Å². The first-order valence-electron chi connectivity index (χ1n) is 10.6. The maximum atomic E-state index is 13.4. The van der Waals surface area contributed by atoms with Crippen LogP contribution in [0.2, 0.25) is 0 Å². The van der Waals surface area contributed by atoms with Gasteiger partial charge in [-0.25, -0.2) is 0 Å². The first kappa shape index (κ1) is 21.8. The van der Waals surface area contributed by atoms with Crippen LogP contribution in [0.1, 0.15) is 33.7 Å². The Labute approximate surface area is 192 Å². The maximum Gasteiger partial charge on any atom is 0.573 e. The molecule has 0 aliphatic carbocycles. The number of aromatic nitrogens is 2. The predicted molar refractivity (Wildman–Crippen MR) is 119 cm³/mol. The third-order valence-corrected chi connectivity index (χ3v) is 5.84. The van der Waals surface area contributed by atoms with Crippen LogP contribution in [0.3, 0.4) is 0 Å². The molecule has 1 aliphatic rings. The molecular formula is C25H20F3N3O3. The molecule has 5 rings (SSSR count). The Morgan fingerprint density at radius 1 is 1.15 bits per heavy atom. The number of nitrogens with one attached hydrogen (secondary N) is 2. The largest absolute Gasteiger partial charge is 0.573 e. The standard InChI is InChI=1S/C25H20F3N3O3/c1-15-4-9-19-16(13-15)14-20(30-19)23(32)31-24(10-12-33-21-3-2-11-29-22(21)24)17-5-7-18(8-6-17)34-25(26,27)28/h2-9,11,13-14,30H,10,12H2,1H3,(H,31,32)/t24-/m0/s1. The normalized spacial score (nSPS) is 17.6. The highest BCUT2D eigenvalue weighted by Gasteiger charge is 2.43. The fourth-order valence-electron chi connectivity index (χ4n) is 4.31. The molecule has 1 atom stereocenters. The lowest BCUT2D eigenvalue weighted by Crippen LogP contribution is -2.50. The van der Waals surface area contributed by atoms with Crippen molar-refractivity contribution in [1.82, 2.24) is 15.3 Å². The summed E-state index contributed by atoms with van der Waals surface area (Å²) in [6.07, 6.45) is -2.88. The van der Waals surface area contributed by atoms with Gasteiger partial charge in [0.15, 0.2) is 0 Å². The van der Waals surface area contributed by atoms with E-state index in [1.807, 2.05) is 25.1 Å². The number of H-pyrrole nitrogens is 1. The van der Waals surface area contributed by atoms with Gasteiger partial charge in [0.25, 0.3) is 5.91 Å². The molecular weight excluding hydrogens is 447 g/mol. The monoisotopic (exact) mass is 467 g/mol. The van der Waals surface area contributed by atoms with Crippen molar-refractivity contribution >= 4 is 16.8 Å². The number of rotatable bonds is 4. The fourth-order valence-corrected chi connectivity index (χ4v) is 4.31. The van der Waals surface area contributed by atoms with E-state index in [2.05, 4.69) is 20.0 Å². The number of ether oxygens (including phenoxy) is 2. The summed E-state index contributed by atoms with van der Waals surface area (Å²) in [5, 5.41) is 3.99. The molecule has 1 aliphatic heterocycles. The zero-order valence-electron chi connectivity index (χ0n) is 18.1. The number of pyridine rings is 1. The van der Waals surface area contributed by atoms with E-state index in [1.54, 1.807) is 24.4 Å². The third-order valence-electron chi connectivity index (χ3n) is 5.84. The van der Waals surface area contributed by atoms with Crippen molar-refractivity contribution in [3.63, 3.8) is 0 Å². The molecule has 2 aromatic heterocycles. The zero-order valence-corrected chi connectivity index (χ0v) is 18.1. The van der Waals surface area contributed by atoms with Gasteiger partial charge in [-0.05, 0) is 55.0 Å². The molecule has 0 saturated heterocycles. The molecule has 3 heterocycles. The average Bonchev–Trinajstić information content (AvgIpc) is 3.22. The number of fused-ring (bicyclic) bond motifs is 2. The number of amides is 1. The molecule has 0 unspecified atom stereocenters. The summed E-state index contributed by atoms with van der Waals surface area (Å²) >= 11 is 0. The molecule has 0 fully saturated rings. The molecule has 6 nitrogen and oxygen atoms in total. The minimum Gasteiger partial charge on any atom is -0.491 e. The second-order valence-electron chi connectivity index (χ2n) is 8.15. The number of hydrogen-bond donors (Lipinski definition) is 2. The number of benzene rings is 2. The van der Waals surface area contributed by atoms with Gasteiger partial charge in [0.05, 0.1) is 6.61 Å². The number of nitrogens with zero attached hydrogens (tertiary/aromatic N) is 1. The van der Waals surface area contributed by atoms with E-state index in [-0.39, 0.29) is 18.3 Å². The number of alkyl halides is 3. The van der Waals surface area contributed by atoms with Gasteiger partial charge in [-0.2, -0.15) is 0 Å². The van der Waals surface area contributed by atoms with Crippen LogP contribution in [0.25, 0.3) is 10.9 Å². The number of hydrogen-bond acceptors (Lipinski definition) is 4. The minimum atomic E-state index is -4.80. The van der Waals surface area contributed by atoms with Gasteiger partial charge in [-0.1, -0.05) is 23.8 Å². The molecule has 0 radical (unpaired) electrons. The lowest BCUT2D eigenvalue weighted by atomic mass is 9.81. The van der Waals surface area contributed by atoms with Crippen molar-refractivity contribution in [2.75, 3.05) is 6.61 Å². The summed E-state index contributed by atoms with van der Waals surface area (Å²) in [6.45, 7) is 2.25. The summed E-state index contributed by atoms with van der Waals surface area (Å²) in [6, 6.07) is 16.5. The summed E-state index contributed by atoms with van der Waals surface area (Å²) in [7, 11) is 0. The van der Waals surface area contributed by atoms with Crippen LogP contribution in [0, 0.1) is 6.92 Å². The zero-order chi connectivity index (χ0) is 23.9. The molecule has 0 bridgehead atoms. The van der Waals surface area contributed by atoms with Gasteiger partial charge in [-0.3, -0.25) is 9.78 Å². The van der Waals surface area contributed by atoms with Crippen LogP contribution < -0.4 is 14.8 Å². The highest BCUT2D eigenvalue weighted by Crippen LogP contribution is 2.41. The first-order valence-corrected chi connectivity index (χ1v) is 10.6. The van der Waals surface area contributed by atoms with E-state index in [0.717, 1.165) is 16.5 Å². The second-order valence-corrected chi connectivity index (χ2v) is 8.15. The van der Waals surface area contributed by atoms with E-state index in [0.29, 0.717) is 29.1 Å². The lowest BCUT2D eigenvalue weighted by Gasteiger charge is -2.38. The number of aromatic amines is 1. The van der Waals surface area contributed by atoms with Gasteiger partial charge in [0.2, 0.25) is 0 Å². The Balaban J connectivity index is 1.56. The maximum absolute atomic E-state index is 13.4. The van der Waals surface area contributed by atoms with Gasteiger partial charge in [0.1, 0.15) is 28.4 Å². The molecule has 4 aromatic rings. The fraction of sp³-hybridized carbons (Fsp3) is 0.200. The molecule has 34 heavy (non-hydrogen) atoms. The van der Waals surface area contributed by atoms with Crippen molar-refractivity contribution in [2.24, 2.45) is 0 Å². The SMILES string of the molecule is Cc1ccc2[nH]c(C(=O)N[C@]3(c4ccc(OC(F)(F)F)cc4)CCOc4cccnc43)cc2c1. The Kier molecular flexibility index (Phi) is 5.19. The lowest BCUT2D eigenvalue weighted by molar-refractivity contribution is -0.274. The van der Waals surface area contributed by atoms with Crippen molar-refractivity contribution in [3.8, 4) is 11.5 Å². The van der Waals surface area contributed by atoms with Crippen molar-refractivity contribution in [1.29, 1.82) is 0 Å². The molecule has 0 saturated carbocycles. The van der Waals surface area contributed by atoms with Gasteiger partial charge in [0, 0.05) is 23.5 Å². The van der Waals surface area contributed by atoms with Crippen molar-refractivity contribution in [3.05, 3.63) is 89.4 Å². The Morgan fingerprint density at radius 3 is 2.71 bits per heavy atom. The molecule has 2 N–H and O–H groups in total. The minimum absolute atomic E-state index is 0.283. The second kappa shape index (κ2) is 8.09. The number of halogens is 3. The van der Waals surface area contributed by atoms with E-state index in [9.17, 15) is 18.0 Å². The van der Waals surface area contributed by atoms with Crippen LogP contribution in [-0.4, -0.2) is 28.8 Å². The summed E-state index contributed by atoms with van der Waals surface area (Å²) in [5.41, 5.74) is 2.18. The third kappa shape index (κ3) is 4.05. The highest BCUT2D eigenvalue weighted by atomic mass is 19.4. The molecule has 1 amide bonds. The predicted octanol–water partition coefficient (Wildman–Crippen LogP) is 5.23. The van der Waals surface area contributed by atoms with E-state index < -0.39 is 11.9 Å². The van der Waals surface area contributed by atoms with Crippen LogP contribution >= 0.6 is 0 Å². The van der Waals surface area contributed by atoms with Crippen molar-refractivity contribution < 1.29 is 27.4 Å². The first-order chi connectivity index (χ1) is 16.2. The van der Waals surface area contributed by atoms with Gasteiger partial charge in [-0.15, -0.1) is 13.2 Å². The van der Waals surface area contributed by atoms with Crippen molar-refractivity contribution in [2.45, 2.75) is 25.2 Å². The van der Waals surface area contributed by atoms with Crippen LogP contribution in [0.4, 0.5) is 13.2 Å². The Hall–Kier alpha value is -4.01. The highest BCUT2D eigenvalue weighted by molar-refractivity contribution is 5.98. The summed E-state index contributed by atoms with van der Waals surface area (Å²) in [5.74, 6) is -0.225. The number of carbonyl (C=O) groups is 1. The van der Waals surface area contributed by atoms with Gasteiger partial charge >= 0.3 is 6.36 Å². The quantitative estimate of drug-likeness (QED) is 0.431. The average molecular weight is 467 g/mol. The molecule has 0 spiro atoms. The van der Waals surface area contributed by atoms with E-state index in [4.69, 9.17) is 4.74 Å².